The topological polar surface area (TPSA) is 48.1 Å². The van der Waals surface area contributed by atoms with E-state index in [1.54, 1.807) is 0 Å². The molecule has 1 amide bonds. The minimum Gasteiger partial charge on any atom is -0.372 e. The summed E-state index contributed by atoms with van der Waals surface area (Å²) in [5.41, 5.74) is 3.98. The van der Waals surface area contributed by atoms with Gasteiger partial charge in [0.25, 0.3) is 0 Å². The van der Waals surface area contributed by atoms with Gasteiger partial charge in [0.1, 0.15) is 0 Å². The molecule has 3 aromatic rings. The first-order chi connectivity index (χ1) is 13.1. The Kier molecular flexibility index (Phi) is 5.08. The molecule has 27 heavy (non-hydrogen) atoms. The molecule has 1 aromatic heterocycles. The molecule has 0 atom stereocenters. The molecule has 1 aliphatic rings. The highest BCUT2D eigenvalue weighted by atomic mass is 35.5. The largest absolute Gasteiger partial charge is 0.372 e. The molecule has 1 aliphatic heterocycles. The molecule has 140 valence electrons. The van der Waals surface area contributed by atoms with Crippen LogP contribution < -0.4 is 10.2 Å². The Morgan fingerprint density at radius 3 is 2.67 bits per heavy atom. The number of halogens is 1. The molecule has 2 aromatic carbocycles. The second-order valence-electron chi connectivity index (χ2n) is 7.45. The molecular weight excluding hydrogens is 358 g/mol. The van der Waals surface area contributed by atoms with Crippen LogP contribution in [0.4, 0.5) is 11.4 Å². The molecule has 0 radical (unpaired) electrons. The number of carbonyl (C=O) groups excluding carboxylic acids is 1. The number of carbonyl (C=O) groups is 1. The number of aromatic nitrogens is 1. The van der Waals surface area contributed by atoms with Gasteiger partial charge in [0.15, 0.2) is 0 Å². The summed E-state index contributed by atoms with van der Waals surface area (Å²) >= 11 is 6.01. The van der Waals surface area contributed by atoms with Gasteiger partial charge in [0.05, 0.1) is 6.42 Å². The number of aromatic amines is 1. The summed E-state index contributed by atoms with van der Waals surface area (Å²) in [7, 11) is 0. The molecule has 0 unspecified atom stereocenters. The van der Waals surface area contributed by atoms with Gasteiger partial charge >= 0.3 is 0 Å². The van der Waals surface area contributed by atoms with Crippen LogP contribution in [0.1, 0.15) is 25.3 Å². The van der Waals surface area contributed by atoms with Gasteiger partial charge in [-0.3, -0.25) is 4.79 Å². The molecule has 2 N–H and O–H groups in total. The minimum atomic E-state index is -0.0228. The molecule has 4 rings (SSSR count). The van der Waals surface area contributed by atoms with E-state index in [-0.39, 0.29) is 5.91 Å². The Morgan fingerprint density at radius 2 is 1.93 bits per heavy atom. The lowest BCUT2D eigenvalue weighted by Gasteiger charge is -2.32. The number of amides is 1. The van der Waals surface area contributed by atoms with Crippen molar-refractivity contribution in [2.75, 3.05) is 23.3 Å². The van der Waals surface area contributed by atoms with Crippen LogP contribution in [0.15, 0.2) is 48.7 Å². The first kappa shape index (κ1) is 17.9. The number of rotatable bonds is 4. The highest BCUT2D eigenvalue weighted by Crippen LogP contribution is 2.25. The van der Waals surface area contributed by atoms with Crippen LogP contribution in [0, 0.1) is 5.92 Å². The quantitative estimate of drug-likeness (QED) is 0.649. The van der Waals surface area contributed by atoms with E-state index in [1.165, 1.54) is 18.5 Å². The maximum Gasteiger partial charge on any atom is 0.228 e. The molecule has 0 saturated carbocycles. The van der Waals surface area contributed by atoms with E-state index < -0.39 is 0 Å². The van der Waals surface area contributed by atoms with E-state index in [9.17, 15) is 4.79 Å². The van der Waals surface area contributed by atoms with Crippen molar-refractivity contribution in [2.45, 2.75) is 26.2 Å². The number of anilines is 2. The first-order valence-corrected chi connectivity index (χ1v) is 9.86. The standard InChI is InChI=1S/C22H24ClN3O/c1-15-8-10-26(11-9-15)19-5-3-18(4-6-19)25-22(27)12-16-14-24-21-13-17(23)2-7-20(16)21/h2-7,13-15,24H,8-12H2,1H3,(H,25,27). The second-order valence-corrected chi connectivity index (χ2v) is 7.88. The summed E-state index contributed by atoms with van der Waals surface area (Å²) in [5.74, 6) is 0.797. The van der Waals surface area contributed by atoms with Gasteiger partial charge in [-0.2, -0.15) is 0 Å². The number of piperidine rings is 1. The van der Waals surface area contributed by atoms with Crippen molar-refractivity contribution in [1.82, 2.24) is 4.98 Å². The van der Waals surface area contributed by atoms with Crippen molar-refractivity contribution >= 4 is 39.8 Å². The smallest absolute Gasteiger partial charge is 0.228 e. The second kappa shape index (κ2) is 7.65. The Labute approximate surface area is 164 Å². The number of fused-ring (bicyclic) bond motifs is 1. The summed E-state index contributed by atoms with van der Waals surface area (Å²) in [4.78, 5) is 18.0. The average Bonchev–Trinajstić information content (AvgIpc) is 3.05. The van der Waals surface area contributed by atoms with E-state index in [0.29, 0.717) is 11.4 Å². The maximum absolute atomic E-state index is 12.5. The van der Waals surface area contributed by atoms with Gasteiger partial charge in [0, 0.05) is 46.6 Å². The average molecular weight is 382 g/mol. The lowest BCUT2D eigenvalue weighted by atomic mass is 9.99. The summed E-state index contributed by atoms with van der Waals surface area (Å²) in [6.45, 7) is 4.53. The predicted molar refractivity (Wildman–Crippen MR) is 113 cm³/mol. The van der Waals surface area contributed by atoms with E-state index in [4.69, 9.17) is 11.6 Å². The Balaban J connectivity index is 1.39. The number of nitrogens with zero attached hydrogens (tertiary/aromatic N) is 1. The molecule has 1 saturated heterocycles. The van der Waals surface area contributed by atoms with Crippen LogP contribution in [0.2, 0.25) is 5.02 Å². The van der Waals surface area contributed by atoms with Crippen LogP contribution >= 0.6 is 11.6 Å². The third-order valence-electron chi connectivity index (χ3n) is 5.38. The number of benzene rings is 2. The normalized spacial score (nSPS) is 15.3. The van der Waals surface area contributed by atoms with Gasteiger partial charge in [0.2, 0.25) is 5.91 Å². The van der Waals surface area contributed by atoms with E-state index in [1.807, 2.05) is 36.5 Å². The number of H-pyrrole nitrogens is 1. The third-order valence-corrected chi connectivity index (χ3v) is 5.62. The Morgan fingerprint density at radius 1 is 1.19 bits per heavy atom. The van der Waals surface area contributed by atoms with E-state index in [2.05, 4.69) is 34.3 Å². The fraction of sp³-hybridized carbons (Fsp3) is 0.318. The molecule has 2 heterocycles. The lowest BCUT2D eigenvalue weighted by molar-refractivity contribution is -0.115. The molecule has 0 bridgehead atoms. The highest BCUT2D eigenvalue weighted by Gasteiger charge is 2.16. The maximum atomic E-state index is 12.5. The van der Waals surface area contributed by atoms with Gasteiger partial charge < -0.3 is 15.2 Å². The number of hydrogen-bond donors (Lipinski definition) is 2. The monoisotopic (exact) mass is 381 g/mol. The molecule has 5 heteroatoms. The lowest BCUT2D eigenvalue weighted by Crippen LogP contribution is -2.32. The summed E-state index contributed by atoms with van der Waals surface area (Å²) in [5, 5.41) is 4.71. The fourth-order valence-electron chi connectivity index (χ4n) is 3.71. The van der Waals surface area contributed by atoms with Gasteiger partial charge in [-0.15, -0.1) is 0 Å². The Bertz CT molecular complexity index is 940. The highest BCUT2D eigenvalue weighted by molar-refractivity contribution is 6.31. The zero-order chi connectivity index (χ0) is 18.8. The van der Waals surface area contributed by atoms with Crippen molar-refractivity contribution in [2.24, 2.45) is 5.92 Å². The SMILES string of the molecule is CC1CCN(c2ccc(NC(=O)Cc3c[nH]c4cc(Cl)ccc34)cc2)CC1. The van der Waals surface area contributed by atoms with Crippen molar-refractivity contribution in [3.63, 3.8) is 0 Å². The molecular formula is C22H24ClN3O. The van der Waals surface area contributed by atoms with Crippen LogP contribution in [-0.2, 0) is 11.2 Å². The van der Waals surface area contributed by atoms with Crippen LogP contribution in [0.5, 0.6) is 0 Å². The van der Waals surface area contributed by atoms with Crippen LogP contribution in [-0.4, -0.2) is 24.0 Å². The minimum absolute atomic E-state index is 0.0228. The zero-order valence-corrected chi connectivity index (χ0v) is 16.2. The fourth-order valence-corrected chi connectivity index (χ4v) is 3.88. The summed E-state index contributed by atoms with van der Waals surface area (Å²) < 4.78 is 0. The van der Waals surface area contributed by atoms with Crippen molar-refractivity contribution in [1.29, 1.82) is 0 Å². The number of hydrogen-bond acceptors (Lipinski definition) is 2. The predicted octanol–water partition coefficient (Wildman–Crippen LogP) is 5.24. The zero-order valence-electron chi connectivity index (χ0n) is 15.5. The Hall–Kier alpha value is -2.46. The first-order valence-electron chi connectivity index (χ1n) is 9.49. The summed E-state index contributed by atoms with van der Waals surface area (Å²) in [6.07, 6.45) is 4.69. The molecule has 0 aliphatic carbocycles. The van der Waals surface area contributed by atoms with Crippen molar-refractivity contribution < 1.29 is 4.79 Å². The van der Waals surface area contributed by atoms with E-state index >= 15 is 0 Å². The van der Waals surface area contributed by atoms with Crippen LogP contribution in [0.25, 0.3) is 10.9 Å². The van der Waals surface area contributed by atoms with Crippen LogP contribution in [0.3, 0.4) is 0 Å². The van der Waals surface area contributed by atoms with Gasteiger partial charge in [-0.1, -0.05) is 24.6 Å². The molecule has 1 fully saturated rings. The van der Waals surface area contributed by atoms with Gasteiger partial charge in [-0.05, 0) is 60.7 Å². The van der Waals surface area contributed by atoms with Crippen molar-refractivity contribution in [3.8, 4) is 0 Å². The van der Waals surface area contributed by atoms with Crippen molar-refractivity contribution in [3.05, 3.63) is 59.2 Å². The molecule has 0 spiro atoms. The molecule has 4 nitrogen and oxygen atoms in total. The summed E-state index contributed by atoms with van der Waals surface area (Å²) in [6, 6.07) is 13.8. The van der Waals surface area contributed by atoms with Gasteiger partial charge in [-0.25, -0.2) is 0 Å². The van der Waals surface area contributed by atoms with E-state index in [0.717, 1.165) is 41.2 Å². The number of nitrogens with one attached hydrogen (secondary N) is 2. The third kappa shape index (κ3) is 4.11.